The third-order valence-electron chi connectivity index (χ3n) is 5.82. The number of carbonyl (C=O) groups excluding carboxylic acids is 1. The number of H-pyrrole nitrogens is 1. The Balaban J connectivity index is 0.00000289. The third-order valence-corrected chi connectivity index (χ3v) is 6.12. The Kier molecular flexibility index (Phi) is 7.39. The van der Waals surface area contributed by atoms with Gasteiger partial charge in [-0.25, -0.2) is 9.37 Å². The van der Waals surface area contributed by atoms with E-state index < -0.39 is 5.82 Å². The first-order valence-corrected chi connectivity index (χ1v) is 11.1. The molecule has 2 N–H and O–H groups in total. The van der Waals surface area contributed by atoms with Crippen molar-refractivity contribution in [3.8, 4) is 22.6 Å². The van der Waals surface area contributed by atoms with Crippen molar-refractivity contribution in [3.63, 3.8) is 0 Å². The van der Waals surface area contributed by atoms with Gasteiger partial charge in [-0.2, -0.15) is 10.3 Å². The highest BCUT2D eigenvalue weighted by Crippen LogP contribution is 2.33. The van der Waals surface area contributed by atoms with Gasteiger partial charge in [-0.15, -0.1) is 22.6 Å². The normalized spacial score (nSPS) is 15.5. The van der Waals surface area contributed by atoms with Crippen molar-refractivity contribution in [2.75, 3.05) is 18.0 Å². The van der Waals surface area contributed by atoms with E-state index in [1.807, 2.05) is 0 Å². The van der Waals surface area contributed by atoms with Gasteiger partial charge in [-0.1, -0.05) is 17.7 Å². The molecule has 0 bridgehead atoms. The predicted molar refractivity (Wildman–Crippen MR) is 131 cm³/mol. The molecule has 0 aliphatic carbocycles. The minimum atomic E-state index is -0.572. The number of hydrogen-bond donors (Lipinski definition) is 2. The van der Waals surface area contributed by atoms with Gasteiger partial charge in [0, 0.05) is 36.5 Å². The van der Waals surface area contributed by atoms with Gasteiger partial charge in [0.1, 0.15) is 11.5 Å². The number of aromatic amines is 1. The van der Waals surface area contributed by atoms with Crippen LogP contribution in [-0.4, -0.2) is 60.4 Å². The maximum absolute atomic E-state index is 15.4. The molecule has 1 aliphatic heterocycles. The lowest BCUT2D eigenvalue weighted by molar-refractivity contribution is 0.0971. The molecule has 0 unspecified atom stereocenters. The maximum Gasteiger partial charge on any atom is 0.259 e. The summed E-state index contributed by atoms with van der Waals surface area (Å²) in [4.78, 5) is 19.6. The smallest absolute Gasteiger partial charge is 0.259 e. The lowest BCUT2D eigenvalue weighted by Gasteiger charge is -2.34. The van der Waals surface area contributed by atoms with Gasteiger partial charge in [0.2, 0.25) is 5.82 Å². The topological polar surface area (TPSA) is 118 Å². The Morgan fingerprint density at radius 1 is 1.29 bits per heavy atom. The summed E-state index contributed by atoms with van der Waals surface area (Å²) < 4.78 is 16.9. The predicted octanol–water partition coefficient (Wildman–Crippen LogP) is 3.28. The number of aryl methyl sites for hydroxylation is 1. The van der Waals surface area contributed by atoms with Crippen molar-refractivity contribution in [1.82, 2.24) is 40.7 Å². The Morgan fingerprint density at radius 2 is 2.14 bits per heavy atom. The molecular formula is C22H22Cl2FN9O. The minimum absolute atomic E-state index is 0. The molecule has 1 aromatic carbocycles. The number of nitrogens with one attached hydrogen (secondary N) is 2. The van der Waals surface area contributed by atoms with Crippen LogP contribution in [0.25, 0.3) is 22.6 Å². The Morgan fingerprint density at radius 3 is 2.83 bits per heavy atom. The number of piperidine rings is 1. The van der Waals surface area contributed by atoms with Crippen molar-refractivity contribution in [1.29, 1.82) is 0 Å². The highest BCUT2D eigenvalue weighted by atomic mass is 35.5. The van der Waals surface area contributed by atoms with Gasteiger partial charge in [0.15, 0.2) is 5.82 Å². The third kappa shape index (κ3) is 4.75. The van der Waals surface area contributed by atoms with Gasteiger partial charge < -0.3 is 5.32 Å². The van der Waals surface area contributed by atoms with E-state index >= 15 is 4.39 Å². The molecule has 0 saturated carbocycles. The Hall–Kier alpha value is -3.41. The molecule has 10 nitrogen and oxygen atoms in total. The fourth-order valence-corrected chi connectivity index (χ4v) is 4.42. The summed E-state index contributed by atoms with van der Waals surface area (Å²) in [7, 11) is 1.71. The number of nitrogens with zero attached hydrogens (tertiary/aromatic N) is 7. The van der Waals surface area contributed by atoms with E-state index in [1.165, 1.54) is 12.3 Å². The molecule has 0 radical (unpaired) electrons. The fraction of sp³-hybridized carbons (Fsp3) is 0.273. The number of benzene rings is 1. The van der Waals surface area contributed by atoms with Crippen LogP contribution in [0.4, 0.5) is 10.2 Å². The van der Waals surface area contributed by atoms with Gasteiger partial charge in [-0.05, 0) is 48.9 Å². The van der Waals surface area contributed by atoms with Crippen molar-refractivity contribution in [2.45, 2.75) is 18.9 Å². The van der Waals surface area contributed by atoms with E-state index in [-0.39, 0.29) is 41.3 Å². The highest BCUT2D eigenvalue weighted by Gasteiger charge is 2.31. The molecule has 0 spiro atoms. The quantitative estimate of drug-likeness (QED) is 0.417. The molecule has 13 heteroatoms. The maximum atomic E-state index is 15.4. The fourth-order valence-electron chi connectivity index (χ4n) is 4.21. The minimum Gasteiger partial charge on any atom is -0.315 e. The van der Waals surface area contributed by atoms with Crippen LogP contribution >= 0.6 is 24.0 Å². The molecule has 35 heavy (non-hydrogen) atoms. The van der Waals surface area contributed by atoms with Gasteiger partial charge in [0.25, 0.3) is 5.91 Å². The number of rotatable bonds is 5. The van der Waals surface area contributed by atoms with Gasteiger partial charge >= 0.3 is 0 Å². The van der Waals surface area contributed by atoms with E-state index in [1.54, 1.807) is 47.1 Å². The summed E-state index contributed by atoms with van der Waals surface area (Å²) in [6.45, 7) is 1.48. The molecule has 1 fully saturated rings. The Labute approximate surface area is 211 Å². The highest BCUT2D eigenvalue weighted by molar-refractivity contribution is 6.33. The zero-order chi connectivity index (χ0) is 23.7. The molecule has 4 heterocycles. The second-order valence-electron chi connectivity index (χ2n) is 7.94. The van der Waals surface area contributed by atoms with E-state index in [0.29, 0.717) is 28.6 Å². The molecule has 1 amide bonds. The molecule has 5 rings (SSSR count). The largest absolute Gasteiger partial charge is 0.315 e. The van der Waals surface area contributed by atoms with Crippen LogP contribution in [0.15, 0.2) is 42.7 Å². The molecule has 3 aromatic heterocycles. The second kappa shape index (κ2) is 10.5. The van der Waals surface area contributed by atoms with Crippen LogP contribution in [0.3, 0.4) is 0 Å². The molecule has 4 aromatic rings. The number of halogens is 3. The van der Waals surface area contributed by atoms with Crippen molar-refractivity contribution in [2.24, 2.45) is 7.05 Å². The number of pyridine rings is 1. The number of anilines is 1. The number of carbonyl (C=O) groups is 1. The zero-order valence-corrected chi connectivity index (χ0v) is 20.2. The number of amides is 1. The number of aromatic nitrogens is 7. The summed E-state index contributed by atoms with van der Waals surface area (Å²) in [6.07, 6.45) is 4.81. The summed E-state index contributed by atoms with van der Waals surface area (Å²) in [6, 6.07) is 7.61. The first-order chi connectivity index (χ1) is 16.5. The lowest BCUT2D eigenvalue weighted by Crippen LogP contribution is -2.49. The lowest BCUT2D eigenvalue weighted by atomic mass is 10.0. The monoisotopic (exact) mass is 517 g/mol. The first kappa shape index (κ1) is 24.7. The summed E-state index contributed by atoms with van der Waals surface area (Å²) >= 11 is 6.40. The van der Waals surface area contributed by atoms with Crippen LogP contribution in [0.1, 0.15) is 23.2 Å². The average Bonchev–Trinajstić information content (AvgIpc) is 3.50. The SMILES string of the molecule is Cl.Cn1ncc(-c2ccc(C(=O)N(c3ncccc3Cl)[C@@H]3CCCNC3)cc2F)c1-c1nn[nH]n1. The molecular weight excluding hydrogens is 496 g/mol. The van der Waals surface area contributed by atoms with Crippen LogP contribution in [-0.2, 0) is 7.05 Å². The number of tetrazole rings is 1. The van der Waals surface area contributed by atoms with E-state index in [4.69, 9.17) is 11.6 Å². The summed E-state index contributed by atoms with van der Waals surface area (Å²) in [5, 5.41) is 21.8. The number of hydrogen-bond acceptors (Lipinski definition) is 7. The molecule has 1 aliphatic rings. The van der Waals surface area contributed by atoms with Crippen LogP contribution in [0.2, 0.25) is 5.02 Å². The van der Waals surface area contributed by atoms with Crippen molar-refractivity contribution in [3.05, 3.63) is 59.1 Å². The summed E-state index contributed by atoms with van der Waals surface area (Å²) in [5.74, 6) is -0.295. The molecule has 182 valence electrons. The van der Waals surface area contributed by atoms with Crippen LogP contribution in [0, 0.1) is 5.82 Å². The molecule has 1 saturated heterocycles. The van der Waals surface area contributed by atoms with E-state index in [9.17, 15) is 4.79 Å². The Bertz CT molecular complexity index is 1320. The average molecular weight is 518 g/mol. The van der Waals surface area contributed by atoms with Crippen molar-refractivity contribution >= 4 is 35.7 Å². The van der Waals surface area contributed by atoms with Crippen molar-refractivity contribution < 1.29 is 9.18 Å². The van der Waals surface area contributed by atoms with Gasteiger partial charge in [-0.3, -0.25) is 14.4 Å². The zero-order valence-electron chi connectivity index (χ0n) is 18.7. The summed E-state index contributed by atoms with van der Waals surface area (Å²) in [5.41, 5.74) is 1.45. The standard InChI is InChI=1S/C22H21ClFN9O.ClH/c1-32-19(20-28-30-31-29-20)16(12-27-32)15-7-6-13(10-18(15)24)22(34)33(14-4-2-8-25-11-14)21-17(23)5-3-9-26-21;/h3,5-7,9-10,12,14,25H,2,4,8,11H2,1H3,(H,28,29,30,31);1H/t14-;/m1./s1. The second-order valence-corrected chi connectivity index (χ2v) is 8.35. The van der Waals surface area contributed by atoms with E-state index in [0.717, 1.165) is 19.4 Å². The molecule has 1 atom stereocenters. The van der Waals surface area contributed by atoms with Crippen LogP contribution < -0.4 is 10.2 Å². The van der Waals surface area contributed by atoms with E-state index in [2.05, 4.69) is 36.0 Å². The van der Waals surface area contributed by atoms with Gasteiger partial charge in [0.05, 0.1) is 17.3 Å². The first-order valence-electron chi connectivity index (χ1n) is 10.7. The van der Waals surface area contributed by atoms with Crippen LogP contribution in [0.5, 0.6) is 0 Å².